The maximum atomic E-state index is 10.8. The van der Waals surface area contributed by atoms with Crippen molar-refractivity contribution < 1.29 is 47.6 Å². The van der Waals surface area contributed by atoms with Gasteiger partial charge in [-0.3, -0.25) is 0 Å². The van der Waals surface area contributed by atoms with Crippen LogP contribution in [0, 0.1) is 0 Å². The van der Waals surface area contributed by atoms with E-state index in [0.29, 0.717) is 13.0 Å². The van der Waals surface area contributed by atoms with Crippen LogP contribution in [0.4, 0.5) is 0 Å². The van der Waals surface area contributed by atoms with Crippen molar-refractivity contribution >= 4 is 10.1 Å². The second kappa shape index (κ2) is 23.5. The van der Waals surface area contributed by atoms with Crippen LogP contribution in [0.5, 0.6) is 0 Å². The van der Waals surface area contributed by atoms with Crippen LogP contribution in [0.15, 0.2) is 0 Å². The molecule has 0 aliphatic rings. The smallest absolute Gasteiger partial charge is 0.748 e. The summed E-state index contributed by atoms with van der Waals surface area (Å²) in [6, 6.07) is 0. The molecule has 0 amide bonds. The average Bonchev–Trinajstić information content (AvgIpc) is 2.65. The summed E-state index contributed by atoms with van der Waals surface area (Å²) in [4.78, 5) is 0. The molecule has 0 fully saturated rings. The largest absolute Gasteiger partial charge is 1.00 e. The van der Waals surface area contributed by atoms with Gasteiger partial charge >= 0.3 is 29.6 Å². The van der Waals surface area contributed by atoms with Gasteiger partial charge in [-0.05, 0) is 19.8 Å². The molecule has 0 aromatic rings. The van der Waals surface area contributed by atoms with E-state index in [2.05, 4.69) is 0 Å². The standard InChI is InChI=1S/C23H48O4S.Na/c1-23(28(25,26)27)21-19-17-15-13-11-9-7-5-3-2-4-6-8-10-12-14-16-18-20-22-24;/h23-24H,2-22H2,1H3,(H,25,26,27);/q;+1/p-1. The molecule has 1 atom stereocenters. The Hall–Kier alpha value is 0.870. The van der Waals surface area contributed by atoms with Crippen molar-refractivity contribution in [2.45, 2.75) is 141 Å². The molecule has 29 heavy (non-hydrogen) atoms. The summed E-state index contributed by atoms with van der Waals surface area (Å²) in [7, 11) is -4.08. The van der Waals surface area contributed by atoms with Gasteiger partial charge in [0, 0.05) is 11.9 Å². The Balaban J connectivity index is 0. The van der Waals surface area contributed by atoms with Gasteiger partial charge in [-0.25, -0.2) is 8.42 Å². The van der Waals surface area contributed by atoms with E-state index in [1.807, 2.05) is 0 Å². The van der Waals surface area contributed by atoms with Crippen molar-refractivity contribution in [2.75, 3.05) is 6.61 Å². The van der Waals surface area contributed by atoms with Gasteiger partial charge in [0.1, 0.15) is 0 Å². The Morgan fingerprint density at radius 3 is 1.07 bits per heavy atom. The SMILES string of the molecule is CC(CCCCCCCCCCCCCCCCCCCCCO)S(=O)(=O)[O-].[Na+]. The maximum Gasteiger partial charge on any atom is 1.00 e. The van der Waals surface area contributed by atoms with Crippen molar-refractivity contribution in [1.29, 1.82) is 0 Å². The zero-order valence-electron chi connectivity index (χ0n) is 19.5. The summed E-state index contributed by atoms with van der Waals surface area (Å²) in [6.07, 6.45) is 24.6. The molecule has 0 spiro atoms. The van der Waals surface area contributed by atoms with Crippen LogP contribution in [0.25, 0.3) is 0 Å². The predicted molar refractivity (Wildman–Crippen MR) is 119 cm³/mol. The Kier molecular flexibility index (Phi) is 26.0. The minimum absolute atomic E-state index is 0. The molecule has 6 heteroatoms. The van der Waals surface area contributed by atoms with E-state index in [-0.39, 0.29) is 29.6 Å². The van der Waals surface area contributed by atoms with E-state index in [0.717, 1.165) is 25.7 Å². The number of unbranched alkanes of at least 4 members (excludes halogenated alkanes) is 18. The third kappa shape index (κ3) is 25.0. The fourth-order valence-electron chi connectivity index (χ4n) is 3.69. The van der Waals surface area contributed by atoms with Gasteiger partial charge < -0.3 is 9.66 Å². The van der Waals surface area contributed by atoms with E-state index in [9.17, 15) is 13.0 Å². The van der Waals surface area contributed by atoms with Crippen LogP contribution in [0.1, 0.15) is 135 Å². The first-order valence-corrected chi connectivity index (χ1v) is 13.5. The molecule has 1 unspecified atom stereocenters. The fourth-order valence-corrected chi connectivity index (χ4v) is 4.15. The average molecular weight is 443 g/mol. The van der Waals surface area contributed by atoms with E-state index in [4.69, 9.17) is 5.11 Å². The fraction of sp³-hybridized carbons (Fsp3) is 1.00. The van der Waals surface area contributed by atoms with Crippen LogP contribution in [-0.2, 0) is 10.1 Å². The number of hydrogen-bond acceptors (Lipinski definition) is 4. The molecule has 170 valence electrons. The van der Waals surface area contributed by atoms with Crippen LogP contribution in [0.2, 0.25) is 0 Å². The van der Waals surface area contributed by atoms with Gasteiger partial charge in [-0.15, -0.1) is 0 Å². The van der Waals surface area contributed by atoms with Crippen LogP contribution >= 0.6 is 0 Å². The molecule has 0 aromatic carbocycles. The molecule has 0 aliphatic carbocycles. The minimum Gasteiger partial charge on any atom is -0.748 e. The van der Waals surface area contributed by atoms with Crippen LogP contribution in [0.3, 0.4) is 0 Å². The molecule has 0 saturated carbocycles. The van der Waals surface area contributed by atoms with Crippen LogP contribution < -0.4 is 29.6 Å². The molecule has 0 aromatic heterocycles. The molecule has 4 nitrogen and oxygen atoms in total. The van der Waals surface area contributed by atoms with E-state index < -0.39 is 15.4 Å². The molecular weight excluding hydrogens is 395 g/mol. The summed E-state index contributed by atoms with van der Waals surface area (Å²) >= 11 is 0. The predicted octanol–water partition coefficient (Wildman–Crippen LogP) is 3.72. The van der Waals surface area contributed by atoms with E-state index in [1.54, 1.807) is 0 Å². The Morgan fingerprint density at radius 2 is 0.828 bits per heavy atom. The Bertz CT molecular complexity index is 415. The molecule has 0 saturated heterocycles. The Labute approximate surface area is 204 Å². The summed E-state index contributed by atoms with van der Waals surface area (Å²) in [5, 5.41) is 8.00. The van der Waals surface area contributed by atoms with Crippen LogP contribution in [-0.4, -0.2) is 29.9 Å². The molecule has 0 heterocycles. The summed E-state index contributed by atoms with van der Waals surface area (Å²) < 4.78 is 32.4. The van der Waals surface area contributed by atoms with Crippen molar-refractivity contribution in [2.24, 2.45) is 0 Å². The summed E-state index contributed by atoms with van der Waals surface area (Å²) in [5.41, 5.74) is 0. The second-order valence-electron chi connectivity index (χ2n) is 8.53. The van der Waals surface area contributed by atoms with Gasteiger partial charge in [0.15, 0.2) is 0 Å². The normalized spacial score (nSPS) is 12.7. The Morgan fingerprint density at radius 1 is 0.586 bits per heavy atom. The third-order valence-electron chi connectivity index (χ3n) is 5.76. The number of aliphatic hydroxyl groups excluding tert-OH is 1. The number of hydrogen-bond donors (Lipinski definition) is 1. The number of rotatable bonds is 22. The monoisotopic (exact) mass is 442 g/mol. The first-order valence-electron chi connectivity index (χ1n) is 12.0. The van der Waals surface area contributed by atoms with Gasteiger partial charge in [0.2, 0.25) is 0 Å². The quantitative estimate of drug-likeness (QED) is 0.157. The van der Waals surface area contributed by atoms with Gasteiger partial charge in [-0.1, -0.05) is 116 Å². The third-order valence-corrected chi connectivity index (χ3v) is 6.98. The summed E-state index contributed by atoms with van der Waals surface area (Å²) in [6.45, 7) is 1.87. The first kappa shape index (κ1) is 32.1. The maximum absolute atomic E-state index is 10.8. The van der Waals surface area contributed by atoms with Crippen molar-refractivity contribution in [3.05, 3.63) is 0 Å². The zero-order valence-corrected chi connectivity index (χ0v) is 22.3. The van der Waals surface area contributed by atoms with Crippen molar-refractivity contribution in [1.82, 2.24) is 0 Å². The minimum atomic E-state index is -4.08. The topological polar surface area (TPSA) is 77.4 Å². The van der Waals surface area contributed by atoms with Crippen molar-refractivity contribution in [3.63, 3.8) is 0 Å². The zero-order chi connectivity index (χ0) is 20.9. The number of aliphatic hydroxyl groups is 1. The molecule has 0 aliphatic heterocycles. The molecular formula is C23H47NaO4S. The van der Waals surface area contributed by atoms with Gasteiger partial charge in [0.05, 0.1) is 10.1 Å². The van der Waals surface area contributed by atoms with Gasteiger partial charge in [-0.2, -0.15) is 0 Å². The first-order chi connectivity index (χ1) is 13.5. The molecule has 0 radical (unpaired) electrons. The van der Waals surface area contributed by atoms with E-state index >= 15 is 0 Å². The second-order valence-corrected chi connectivity index (χ2v) is 10.3. The summed E-state index contributed by atoms with van der Waals surface area (Å²) in [5.74, 6) is 0. The van der Waals surface area contributed by atoms with Crippen molar-refractivity contribution in [3.8, 4) is 0 Å². The molecule has 0 rings (SSSR count). The van der Waals surface area contributed by atoms with E-state index in [1.165, 1.54) is 103 Å². The molecule has 1 N–H and O–H groups in total. The van der Waals surface area contributed by atoms with Gasteiger partial charge in [0.25, 0.3) is 0 Å². The molecule has 0 bridgehead atoms.